The van der Waals surface area contributed by atoms with E-state index in [4.69, 9.17) is 56.8 Å². The summed E-state index contributed by atoms with van der Waals surface area (Å²) in [5, 5.41) is 25.1. The highest BCUT2D eigenvalue weighted by Crippen LogP contribution is 2.47. The van der Waals surface area contributed by atoms with Gasteiger partial charge in [-0.3, -0.25) is 26.1 Å². The number of amides is 9. The molecule has 3 aromatic rings. The van der Waals surface area contributed by atoms with Crippen molar-refractivity contribution in [3.63, 3.8) is 0 Å². The number of hydrogen-bond donors (Lipinski definition) is 9. The average molecular weight is 1590 g/mol. The molecule has 0 saturated carbocycles. The largest absolute Gasteiger partial charge is 0.488 e. The molecule has 0 aliphatic rings. The Labute approximate surface area is 651 Å². The topological polar surface area (TPSA) is 435 Å². The fourth-order valence-electron chi connectivity index (χ4n) is 8.01. The third-order valence-corrected chi connectivity index (χ3v) is 13.8. The summed E-state index contributed by atoms with van der Waals surface area (Å²) in [6.45, 7) is 37.2. The van der Waals surface area contributed by atoms with E-state index in [1.165, 1.54) is 21.6 Å². The molecular weight excluding hydrogens is 1470 g/mol. The molecule has 0 aliphatic heterocycles. The predicted octanol–water partition coefficient (Wildman–Crippen LogP) is 12.3. The van der Waals surface area contributed by atoms with E-state index in [1.54, 1.807) is 209 Å². The van der Waals surface area contributed by atoms with Gasteiger partial charge < -0.3 is 83.4 Å². The monoisotopic (exact) mass is 1580 g/mol. The van der Waals surface area contributed by atoms with Crippen LogP contribution in [-0.2, 0) is 49.2 Å². The lowest BCUT2D eigenvalue weighted by atomic mass is 9.99. The molecule has 1 aromatic heterocycles. The lowest BCUT2D eigenvalue weighted by molar-refractivity contribution is -0.120. The number of aromatic nitrogens is 1. The third kappa shape index (κ3) is 43.7. The van der Waals surface area contributed by atoms with Crippen molar-refractivity contribution in [1.82, 2.24) is 52.8 Å². The molecule has 0 fully saturated rings. The average Bonchev–Trinajstić information content (AvgIpc) is 0.778. The molecule has 0 unspecified atom stereocenters. The van der Waals surface area contributed by atoms with E-state index in [2.05, 4.69) is 72.8 Å². The highest BCUT2D eigenvalue weighted by molar-refractivity contribution is 8.76. The van der Waals surface area contributed by atoms with Crippen LogP contribution in [0.5, 0.6) is 23.0 Å². The molecule has 110 heavy (non-hydrogen) atoms. The molecule has 0 atom stereocenters. The van der Waals surface area contributed by atoms with Gasteiger partial charge in [-0.05, 0) is 201 Å². The number of nitrogens with zero attached hydrogens (tertiary/aromatic N) is 5. The number of carbonyl (C=O) groups excluding carboxylic acids is 9. The van der Waals surface area contributed by atoms with Gasteiger partial charge in [-0.1, -0.05) is 35.1 Å². The number of benzene rings is 2. The van der Waals surface area contributed by atoms with Crippen molar-refractivity contribution in [2.75, 3.05) is 58.4 Å². The van der Waals surface area contributed by atoms with Gasteiger partial charge in [0.25, 0.3) is 0 Å². The Morgan fingerprint density at radius 2 is 0.700 bits per heavy atom. The minimum atomic E-state index is -1.07. The van der Waals surface area contributed by atoms with Crippen LogP contribution >= 0.6 is 21.6 Å². The van der Waals surface area contributed by atoms with E-state index in [9.17, 15) is 43.2 Å². The molecule has 0 saturated heterocycles. The summed E-state index contributed by atoms with van der Waals surface area (Å²) in [6.07, 6.45) is -6.33. The van der Waals surface area contributed by atoms with Crippen LogP contribution in [0, 0.1) is 0 Å². The highest BCUT2D eigenvalue weighted by Gasteiger charge is 2.29. The Morgan fingerprint density at radius 3 is 1.05 bits per heavy atom. The van der Waals surface area contributed by atoms with Crippen molar-refractivity contribution < 1.29 is 100.0 Å². The van der Waals surface area contributed by atoms with Crippen molar-refractivity contribution in [2.24, 2.45) is 20.0 Å². The molecule has 612 valence electrons. The van der Waals surface area contributed by atoms with Gasteiger partial charge in [0.05, 0.1) is 26.2 Å². The maximum absolute atomic E-state index is 13.8. The van der Waals surface area contributed by atoms with Crippen LogP contribution in [0.15, 0.2) is 79.7 Å². The number of pyridine rings is 1. The van der Waals surface area contributed by atoms with E-state index in [0.29, 0.717) is 11.3 Å². The third-order valence-electron chi connectivity index (χ3n) is 11.6. The van der Waals surface area contributed by atoms with Gasteiger partial charge in [0.2, 0.25) is 29.7 Å². The molecule has 9 N–H and O–H groups in total. The van der Waals surface area contributed by atoms with Crippen molar-refractivity contribution in [3.8, 4) is 34.1 Å². The van der Waals surface area contributed by atoms with E-state index >= 15 is 0 Å². The second-order valence-corrected chi connectivity index (χ2v) is 34.0. The first-order valence-corrected chi connectivity index (χ1v) is 37.5. The van der Waals surface area contributed by atoms with Crippen molar-refractivity contribution >= 4 is 100 Å². The maximum Gasteiger partial charge on any atom is 0.437 e. The molecule has 9 amide bonds. The summed E-state index contributed by atoms with van der Waals surface area (Å²) < 4.78 is 70.3. The molecule has 0 radical (unpaired) electrons. The summed E-state index contributed by atoms with van der Waals surface area (Å²) in [5.74, 6) is -1.39. The zero-order valence-corrected chi connectivity index (χ0v) is 69.2. The molecule has 3 rings (SSSR count). The molecule has 0 bridgehead atoms. The quantitative estimate of drug-likeness (QED) is 0.0132. The lowest BCUT2D eigenvalue weighted by Crippen LogP contribution is -2.45. The van der Waals surface area contributed by atoms with E-state index in [0.717, 1.165) is 5.03 Å². The van der Waals surface area contributed by atoms with Gasteiger partial charge in [-0.2, -0.15) is 0 Å². The Hall–Kier alpha value is -10.2. The summed E-state index contributed by atoms with van der Waals surface area (Å²) in [5.41, 5.74) is -6.99. The number of ether oxygens (including phenoxy) is 12. The second kappa shape index (κ2) is 42.7. The number of guanidine groups is 4. The summed E-state index contributed by atoms with van der Waals surface area (Å²) in [7, 11) is 2.83. The zero-order valence-electron chi connectivity index (χ0n) is 67.6. The van der Waals surface area contributed by atoms with Gasteiger partial charge in [0, 0.05) is 41.6 Å². The first-order chi connectivity index (χ1) is 50.7. The highest BCUT2D eigenvalue weighted by atomic mass is 33.1. The van der Waals surface area contributed by atoms with E-state index in [1.807, 2.05) is 12.1 Å². The minimum absolute atomic E-state index is 0.00131. The van der Waals surface area contributed by atoms with Crippen LogP contribution in [-0.4, -0.2) is 187 Å². The predicted molar refractivity (Wildman–Crippen MR) is 417 cm³/mol. The maximum atomic E-state index is 13.8. The van der Waals surface area contributed by atoms with Gasteiger partial charge >= 0.3 is 48.7 Å². The van der Waals surface area contributed by atoms with Gasteiger partial charge in [0.1, 0.15) is 76.3 Å². The zero-order chi connectivity index (χ0) is 83.1. The summed E-state index contributed by atoms with van der Waals surface area (Å²) in [4.78, 5) is 139. The van der Waals surface area contributed by atoms with Crippen LogP contribution < -0.4 is 66.8 Å². The van der Waals surface area contributed by atoms with Crippen LogP contribution in [0.25, 0.3) is 11.1 Å². The SMILES string of the molecule is CC(C)(C)OC(=O)/N=C(/NCCOc1cccc(-c2ccc(CNC(=O)CCSSc3ccccn3)c(OCCN/C(=N/C(=O)OC(C)(C)C)NC(=O)OC(C)(C)C)c2OCCN/C(=N/C(=O)OC(C)(C)C)NC(=O)OC(C)(C)C)c1OCCN/C(=N/C(=O)OC(C)(C)C)NC(=O)OC(C)(C)C)NC(=O)OC(C)(C)C. The fourth-order valence-corrected chi connectivity index (χ4v) is 9.88. The summed E-state index contributed by atoms with van der Waals surface area (Å²) >= 11 is 0. The van der Waals surface area contributed by atoms with Crippen LogP contribution in [0.2, 0.25) is 0 Å². The number of aliphatic imine (C=N–C) groups is 4. The van der Waals surface area contributed by atoms with E-state index < -0.39 is 93.6 Å². The first kappa shape index (κ1) is 94.0. The second-order valence-electron chi connectivity index (χ2n) is 31.5. The molecule has 35 nitrogen and oxygen atoms in total. The Kier molecular flexibility index (Phi) is 36.5. The normalized spacial score (nSPS) is 12.7. The van der Waals surface area contributed by atoms with Crippen molar-refractivity contribution in [2.45, 2.75) is 229 Å². The van der Waals surface area contributed by atoms with E-state index in [-0.39, 0.29) is 129 Å². The number of hydrogen-bond acceptors (Lipinski definition) is 24. The standard InChI is InChI=1S/C73H112N14O21S2/c1-66(2,3)101-58(89)80-54(81-59(90)102-67(4,5)6)75-35-39-97-48-29-27-28-46(52(48)99-41-37-77-56(84-62(93)105-70(13,14)15)85-63(94)106-71(16,17)18)47-32-31-45(44-79-49(88)33-43-109-110-50-30-25-26-34-74-50)51(98-40-36-76-55(82-60(91)103-68(7,8)9)83-61(92)104-69(10,11)12)53(47)100-42-38-78-57(86-64(95)107-72(19,20)21)87-65(96)108-73(22,23)24/h25-32,34H,33,35-44H2,1-24H3,(H,79,88)(H2,75,80,81,89,90)(H2,76,82,83,91,92)(H2,77,84,85,93,94)(H2,78,86,87,95,96). The molecule has 2 aromatic carbocycles. The number of alkyl carbamates (subject to hydrolysis) is 4. The van der Waals surface area contributed by atoms with Crippen molar-refractivity contribution in [1.29, 1.82) is 0 Å². The van der Waals surface area contributed by atoms with Crippen LogP contribution in [0.3, 0.4) is 0 Å². The smallest absolute Gasteiger partial charge is 0.437 e. The van der Waals surface area contributed by atoms with Crippen molar-refractivity contribution in [3.05, 3.63) is 60.3 Å². The lowest BCUT2D eigenvalue weighted by Gasteiger charge is -2.24. The summed E-state index contributed by atoms with van der Waals surface area (Å²) in [6, 6.07) is 13.6. The number of para-hydroxylation sites is 1. The Balaban J connectivity index is 2.46. The Morgan fingerprint density at radius 1 is 0.364 bits per heavy atom. The minimum Gasteiger partial charge on any atom is -0.488 e. The molecule has 37 heteroatoms. The first-order valence-electron chi connectivity index (χ1n) is 35.2. The van der Waals surface area contributed by atoms with Crippen LogP contribution in [0.4, 0.5) is 38.4 Å². The van der Waals surface area contributed by atoms with Gasteiger partial charge in [-0.15, -0.1) is 20.0 Å². The fraction of sp³-hybridized carbons (Fsp3) is 0.589. The van der Waals surface area contributed by atoms with Crippen LogP contribution in [0.1, 0.15) is 178 Å². The van der Waals surface area contributed by atoms with Gasteiger partial charge in [0.15, 0.2) is 23.0 Å². The molecule has 1 heterocycles. The number of nitrogens with one attached hydrogen (secondary N) is 9. The molecular formula is C73H112N14O21S2. The van der Waals surface area contributed by atoms with Gasteiger partial charge in [-0.25, -0.2) is 43.3 Å². The number of carbonyl (C=O) groups is 9. The molecule has 0 aliphatic carbocycles. The number of rotatable bonds is 24. The molecule has 0 spiro atoms. The Bertz CT molecular complexity index is 3730.